The van der Waals surface area contributed by atoms with Gasteiger partial charge < -0.3 is 9.53 Å². The number of carbonyl (C=O) groups is 1. The lowest BCUT2D eigenvalue weighted by atomic mass is 10.2. The van der Waals surface area contributed by atoms with Gasteiger partial charge in [0.25, 0.3) is 11.5 Å². The molecule has 0 saturated carbocycles. The van der Waals surface area contributed by atoms with Gasteiger partial charge in [-0.15, -0.1) is 0 Å². The van der Waals surface area contributed by atoms with Gasteiger partial charge in [0.15, 0.2) is 8.32 Å². The molecule has 7 nitrogen and oxygen atoms in total. The maximum atomic E-state index is 12.8. The van der Waals surface area contributed by atoms with E-state index in [0.717, 1.165) is 0 Å². The van der Waals surface area contributed by atoms with Crippen molar-refractivity contribution < 1.29 is 14.3 Å². The molecule has 2 rings (SSSR count). The number of aliphatic hydroxyl groups is 1. The molecule has 0 amide bonds. The normalized spacial score (nSPS) is 13.3. The first kappa shape index (κ1) is 23.0. The van der Waals surface area contributed by atoms with Gasteiger partial charge in [-0.1, -0.05) is 39.0 Å². The smallest absolute Gasteiger partial charge is 0.338 e. The fourth-order valence-electron chi connectivity index (χ4n) is 2.56. The minimum atomic E-state index is -2.05. The van der Waals surface area contributed by atoms with Crippen molar-refractivity contribution in [3.8, 4) is 0 Å². The molecular formula is C21H30N2O5Si. The summed E-state index contributed by atoms with van der Waals surface area (Å²) in [6.07, 6.45) is 0.425. The third kappa shape index (κ3) is 5.20. The van der Waals surface area contributed by atoms with Crippen LogP contribution < -0.4 is 11.2 Å². The van der Waals surface area contributed by atoms with Crippen LogP contribution in [0.2, 0.25) is 18.1 Å². The van der Waals surface area contributed by atoms with Crippen LogP contribution in [0.25, 0.3) is 0 Å². The summed E-state index contributed by atoms with van der Waals surface area (Å²) >= 11 is 0. The van der Waals surface area contributed by atoms with E-state index in [4.69, 9.17) is 4.43 Å². The van der Waals surface area contributed by atoms with Crippen molar-refractivity contribution in [3.05, 3.63) is 68.5 Å². The standard InChI is InChI=1S/C21H30N2O5Si/c1-15-12-22(13-17(24)14-28-29(5,6)21(2,3)4)20(27)23(18(15)25)19(26)16-10-8-7-9-11-16/h7-12,17,24H,13-14H2,1-6H3. The Morgan fingerprint density at radius 3 is 2.31 bits per heavy atom. The van der Waals surface area contributed by atoms with Crippen molar-refractivity contribution in [1.82, 2.24) is 9.13 Å². The Balaban J connectivity index is 2.29. The zero-order chi connectivity index (χ0) is 22.0. The molecule has 1 aromatic carbocycles. The summed E-state index contributed by atoms with van der Waals surface area (Å²) in [7, 11) is -2.05. The number of benzene rings is 1. The van der Waals surface area contributed by atoms with E-state index in [9.17, 15) is 19.5 Å². The molecule has 2 aromatic rings. The quantitative estimate of drug-likeness (QED) is 0.728. The van der Waals surface area contributed by atoms with Gasteiger partial charge in [0.1, 0.15) is 0 Å². The highest BCUT2D eigenvalue weighted by molar-refractivity contribution is 6.74. The van der Waals surface area contributed by atoms with Gasteiger partial charge in [-0.25, -0.2) is 4.79 Å². The summed E-state index contributed by atoms with van der Waals surface area (Å²) in [6.45, 7) is 12.0. The number of rotatable bonds is 6. The second-order valence-electron chi connectivity index (χ2n) is 8.78. The minimum Gasteiger partial charge on any atom is -0.414 e. The van der Waals surface area contributed by atoms with Crippen LogP contribution in [-0.2, 0) is 11.0 Å². The van der Waals surface area contributed by atoms with Crippen LogP contribution in [0.15, 0.2) is 46.1 Å². The van der Waals surface area contributed by atoms with E-state index in [2.05, 4.69) is 33.9 Å². The fraction of sp³-hybridized carbons (Fsp3) is 0.476. The molecule has 1 aromatic heterocycles. The Morgan fingerprint density at radius 2 is 1.76 bits per heavy atom. The maximum absolute atomic E-state index is 12.8. The maximum Gasteiger partial charge on any atom is 0.338 e. The first-order chi connectivity index (χ1) is 13.3. The summed E-state index contributed by atoms with van der Waals surface area (Å²) in [4.78, 5) is 38.0. The summed E-state index contributed by atoms with van der Waals surface area (Å²) < 4.78 is 7.82. The van der Waals surface area contributed by atoms with E-state index in [1.165, 1.54) is 17.7 Å². The highest BCUT2D eigenvalue weighted by Crippen LogP contribution is 2.36. The lowest BCUT2D eigenvalue weighted by molar-refractivity contribution is 0.0828. The Bertz CT molecular complexity index is 987. The van der Waals surface area contributed by atoms with Crippen molar-refractivity contribution >= 4 is 14.2 Å². The molecular weight excluding hydrogens is 388 g/mol. The first-order valence-corrected chi connectivity index (χ1v) is 12.5. The Hall–Kier alpha value is -2.29. The van der Waals surface area contributed by atoms with E-state index in [0.29, 0.717) is 4.57 Å². The molecule has 1 heterocycles. The average molecular weight is 419 g/mol. The van der Waals surface area contributed by atoms with Crippen LogP contribution in [0.3, 0.4) is 0 Å². The largest absolute Gasteiger partial charge is 0.414 e. The number of hydrogen-bond donors (Lipinski definition) is 1. The van der Waals surface area contributed by atoms with Crippen LogP contribution in [-0.4, -0.2) is 41.2 Å². The van der Waals surface area contributed by atoms with Gasteiger partial charge in [-0.05, 0) is 37.2 Å². The van der Waals surface area contributed by atoms with Crippen molar-refractivity contribution in [2.45, 2.75) is 58.5 Å². The topological polar surface area (TPSA) is 90.5 Å². The molecule has 0 aliphatic carbocycles. The highest BCUT2D eigenvalue weighted by Gasteiger charge is 2.37. The Kier molecular flexibility index (Phi) is 6.82. The lowest BCUT2D eigenvalue weighted by Gasteiger charge is -2.36. The van der Waals surface area contributed by atoms with E-state index >= 15 is 0 Å². The number of hydrogen-bond acceptors (Lipinski definition) is 5. The molecule has 0 radical (unpaired) electrons. The summed E-state index contributed by atoms with van der Waals surface area (Å²) in [6, 6.07) is 8.15. The van der Waals surface area contributed by atoms with Crippen LogP contribution in [0.4, 0.5) is 0 Å². The monoisotopic (exact) mass is 418 g/mol. The van der Waals surface area contributed by atoms with Crippen LogP contribution in [0, 0.1) is 6.92 Å². The van der Waals surface area contributed by atoms with E-state index in [1.54, 1.807) is 30.3 Å². The molecule has 0 fully saturated rings. The third-order valence-electron chi connectivity index (χ3n) is 5.40. The molecule has 0 bridgehead atoms. The van der Waals surface area contributed by atoms with E-state index in [1.807, 2.05) is 0 Å². The molecule has 1 atom stereocenters. The molecule has 0 saturated heterocycles. The SMILES string of the molecule is Cc1cn(CC(O)CO[Si](C)(C)C(C)(C)C)c(=O)n(C(=O)c2ccccc2)c1=O. The zero-order valence-corrected chi connectivity index (χ0v) is 18.9. The van der Waals surface area contributed by atoms with Gasteiger partial charge >= 0.3 is 5.69 Å². The predicted octanol–water partition coefficient (Wildman–Crippen LogP) is 2.39. The molecule has 1 unspecified atom stereocenters. The van der Waals surface area contributed by atoms with Crippen molar-refractivity contribution in [2.75, 3.05) is 6.61 Å². The van der Waals surface area contributed by atoms with Crippen molar-refractivity contribution in [3.63, 3.8) is 0 Å². The van der Waals surface area contributed by atoms with Crippen LogP contribution in [0.5, 0.6) is 0 Å². The molecule has 29 heavy (non-hydrogen) atoms. The zero-order valence-electron chi connectivity index (χ0n) is 17.9. The highest BCUT2D eigenvalue weighted by atomic mass is 28.4. The van der Waals surface area contributed by atoms with E-state index in [-0.39, 0.29) is 29.3 Å². The average Bonchev–Trinajstić information content (AvgIpc) is 2.64. The molecule has 158 valence electrons. The number of aromatic nitrogens is 2. The van der Waals surface area contributed by atoms with Gasteiger partial charge in [0.05, 0.1) is 19.3 Å². The minimum absolute atomic E-state index is 0.00449. The molecule has 0 aliphatic heterocycles. The second-order valence-corrected chi connectivity index (χ2v) is 13.6. The number of carbonyl (C=O) groups excluding carboxylic acids is 1. The molecule has 0 spiro atoms. The third-order valence-corrected chi connectivity index (χ3v) is 9.90. The first-order valence-electron chi connectivity index (χ1n) is 9.60. The van der Waals surface area contributed by atoms with Gasteiger partial charge in [-0.3, -0.25) is 14.2 Å². The summed E-state index contributed by atoms with van der Waals surface area (Å²) in [5, 5.41) is 10.4. The lowest BCUT2D eigenvalue weighted by Crippen LogP contribution is -2.47. The summed E-state index contributed by atoms with van der Waals surface area (Å²) in [5.74, 6) is -0.690. The fourth-order valence-corrected chi connectivity index (χ4v) is 3.60. The Morgan fingerprint density at radius 1 is 1.17 bits per heavy atom. The molecule has 0 aliphatic rings. The van der Waals surface area contributed by atoms with Crippen molar-refractivity contribution in [2.24, 2.45) is 0 Å². The number of aliphatic hydroxyl groups excluding tert-OH is 1. The Labute approximate surface area is 171 Å². The number of nitrogens with zero attached hydrogens (tertiary/aromatic N) is 2. The van der Waals surface area contributed by atoms with Gasteiger partial charge in [0, 0.05) is 17.3 Å². The summed E-state index contributed by atoms with van der Waals surface area (Å²) in [5.41, 5.74) is -0.954. The molecule has 8 heteroatoms. The van der Waals surface area contributed by atoms with Crippen LogP contribution >= 0.6 is 0 Å². The van der Waals surface area contributed by atoms with E-state index < -0.39 is 31.6 Å². The second kappa shape index (κ2) is 8.60. The van der Waals surface area contributed by atoms with Gasteiger partial charge in [-0.2, -0.15) is 4.57 Å². The van der Waals surface area contributed by atoms with Crippen LogP contribution in [0.1, 0.15) is 36.7 Å². The van der Waals surface area contributed by atoms with Crippen molar-refractivity contribution in [1.29, 1.82) is 0 Å². The molecule has 1 N–H and O–H groups in total. The predicted molar refractivity (Wildman–Crippen MR) is 115 cm³/mol. The number of aryl methyl sites for hydroxylation is 1. The van der Waals surface area contributed by atoms with Gasteiger partial charge in [0.2, 0.25) is 0 Å².